The van der Waals surface area contributed by atoms with Crippen molar-refractivity contribution in [3.05, 3.63) is 50.9 Å². The van der Waals surface area contributed by atoms with E-state index in [1.807, 2.05) is 24.3 Å². The summed E-state index contributed by atoms with van der Waals surface area (Å²) in [6.07, 6.45) is 2.69. The molecule has 0 aliphatic heterocycles. The Morgan fingerprint density at radius 1 is 1.41 bits per heavy atom. The standard InChI is InChI=1S/C10H8BrN5O/c11-8-4-2-1-3-7(8)5-12-15-10-14-9(17)6-13-16-10/h1-6H,(H2,14,15,16,17). The second-order valence-corrected chi connectivity index (χ2v) is 3.93. The molecular formula is C10H8BrN5O. The average Bonchev–Trinajstić information content (AvgIpc) is 2.32. The molecule has 1 aromatic carbocycles. The molecule has 0 bridgehead atoms. The van der Waals surface area contributed by atoms with Crippen LogP contribution in [0.5, 0.6) is 0 Å². The Kier molecular flexibility index (Phi) is 3.61. The first-order valence-electron chi connectivity index (χ1n) is 4.71. The summed E-state index contributed by atoms with van der Waals surface area (Å²) in [7, 11) is 0. The van der Waals surface area contributed by atoms with Crippen molar-refractivity contribution in [2.75, 3.05) is 5.43 Å². The Hall–Kier alpha value is -2.02. The third-order valence-corrected chi connectivity index (χ3v) is 2.58. The van der Waals surface area contributed by atoms with E-state index in [4.69, 9.17) is 0 Å². The first kappa shape index (κ1) is 11.5. The minimum Gasteiger partial charge on any atom is -0.289 e. The van der Waals surface area contributed by atoms with E-state index in [0.717, 1.165) is 16.2 Å². The van der Waals surface area contributed by atoms with E-state index in [9.17, 15) is 4.79 Å². The van der Waals surface area contributed by atoms with Gasteiger partial charge in [0.2, 0.25) is 5.95 Å². The lowest BCUT2D eigenvalue weighted by atomic mass is 10.2. The molecular weight excluding hydrogens is 286 g/mol. The van der Waals surface area contributed by atoms with Gasteiger partial charge in [0.25, 0.3) is 5.56 Å². The lowest BCUT2D eigenvalue weighted by molar-refractivity contribution is 0.939. The maximum absolute atomic E-state index is 10.9. The van der Waals surface area contributed by atoms with Crippen molar-refractivity contribution in [2.45, 2.75) is 0 Å². The van der Waals surface area contributed by atoms with Crippen LogP contribution in [0.4, 0.5) is 5.95 Å². The minimum absolute atomic E-state index is 0.195. The molecule has 0 saturated carbocycles. The molecule has 0 aliphatic rings. The van der Waals surface area contributed by atoms with Gasteiger partial charge in [0.1, 0.15) is 6.20 Å². The summed E-state index contributed by atoms with van der Waals surface area (Å²) in [5.74, 6) is 0.195. The van der Waals surface area contributed by atoms with E-state index in [0.29, 0.717) is 0 Å². The SMILES string of the molecule is O=c1cnnc(NN=Cc2ccccc2Br)[nH]1. The van der Waals surface area contributed by atoms with Gasteiger partial charge in [-0.2, -0.15) is 5.10 Å². The number of aromatic amines is 1. The van der Waals surface area contributed by atoms with Crippen molar-refractivity contribution < 1.29 is 0 Å². The Labute approximate surface area is 105 Å². The predicted octanol–water partition coefficient (Wildman–Crippen LogP) is 1.37. The molecule has 1 heterocycles. The highest BCUT2D eigenvalue weighted by Gasteiger charge is 1.94. The van der Waals surface area contributed by atoms with Gasteiger partial charge in [0.05, 0.1) is 6.21 Å². The van der Waals surface area contributed by atoms with Crippen LogP contribution in [0.3, 0.4) is 0 Å². The molecule has 0 atom stereocenters. The van der Waals surface area contributed by atoms with Gasteiger partial charge in [-0.15, -0.1) is 10.2 Å². The van der Waals surface area contributed by atoms with Gasteiger partial charge in [0, 0.05) is 10.0 Å². The zero-order valence-electron chi connectivity index (χ0n) is 8.59. The topological polar surface area (TPSA) is 83.0 Å². The van der Waals surface area contributed by atoms with Crippen LogP contribution >= 0.6 is 15.9 Å². The number of nitrogens with zero attached hydrogens (tertiary/aromatic N) is 3. The number of nitrogens with one attached hydrogen (secondary N) is 2. The van der Waals surface area contributed by atoms with E-state index in [1.54, 1.807) is 6.21 Å². The quantitative estimate of drug-likeness (QED) is 0.661. The van der Waals surface area contributed by atoms with Crippen LogP contribution in [-0.2, 0) is 0 Å². The fourth-order valence-electron chi connectivity index (χ4n) is 1.11. The Morgan fingerprint density at radius 3 is 3.00 bits per heavy atom. The summed E-state index contributed by atoms with van der Waals surface area (Å²) < 4.78 is 0.929. The van der Waals surface area contributed by atoms with Crippen LogP contribution in [0.1, 0.15) is 5.56 Å². The fraction of sp³-hybridized carbons (Fsp3) is 0. The van der Waals surface area contributed by atoms with Crippen molar-refractivity contribution in [3.63, 3.8) is 0 Å². The van der Waals surface area contributed by atoms with Crippen molar-refractivity contribution in [1.82, 2.24) is 15.2 Å². The lowest BCUT2D eigenvalue weighted by Crippen LogP contribution is -2.10. The maximum Gasteiger partial charge on any atom is 0.271 e. The number of benzene rings is 1. The molecule has 86 valence electrons. The highest BCUT2D eigenvalue weighted by Crippen LogP contribution is 2.13. The third-order valence-electron chi connectivity index (χ3n) is 1.85. The Bertz CT molecular complexity index is 595. The van der Waals surface area contributed by atoms with Crippen LogP contribution in [-0.4, -0.2) is 21.4 Å². The zero-order valence-corrected chi connectivity index (χ0v) is 10.2. The van der Waals surface area contributed by atoms with E-state index in [-0.39, 0.29) is 11.5 Å². The van der Waals surface area contributed by atoms with Gasteiger partial charge in [-0.3, -0.25) is 9.78 Å². The molecule has 0 radical (unpaired) electrons. The second-order valence-electron chi connectivity index (χ2n) is 3.07. The molecule has 2 rings (SSSR count). The monoisotopic (exact) mass is 293 g/mol. The van der Waals surface area contributed by atoms with Gasteiger partial charge in [0.15, 0.2) is 0 Å². The second kappa shape index (κ2) is 5.35. The fourth-order valence-corrected chi connectivity index (χ4v) is 1.49. The summed E-state index contributed by atoms with van der Waals surface area (Å²) in [6, 6.07) is 7.62. The van der Waals surface area contributed by atoms with Gasteiger partial charge in [-0.1, -0.05) is 34.1 Å². The number of aromatic nitrogens is 3. The first-order chi connectivity index (χ1) is 8.25. The number of anilines is 1. The third kappa shape index (κ3) is 3.22. The molecule has 0 amide bonds. The highest BCUT2D eigenvalue weighted by atomic mass is 79.9. The number of hydrogen-bond acceptors (Lipinski definition) is 5. The Balaban J connectivity index is 2.08. The highest BCUT2D eigenvalue weighted by molar-refractivity contribution is 9.10. The summed E-state index contributed by atoms with van der Waals surface area (Å²) in [5.41, 5.74) is 3.15. The zero-order chi connectivity index (χ0) is 12.1. The van der Waals surface area contributed by atoms with Gasteiger partial charge in [-0.25, -0.2) is 5.43 Å². The molecule has 0 spiro atoms. The summed E-state index contributed by atoms with van der Waals surface area (Å²) in [5, 5.41) is 11.1. The molecule has 17 heavy (non-hydrogen) atoms. The van der Waals surface area contributed by atoms with Gasteiger partial charge in [-0.05, 0) is 6.07 Å². The van der Waals surface area contributed by atoms with Crippen molar-refractivity contribution in [1.29, 1.82) is 0 Å². The molecule has 2 N–H and O–H groups in total. The van der Waals surface area contributed by atoms with E-state index >= 15 is 0 Å². The summed E-state index contributed by atoms with van der Waals surface area (Å²) in [6.45, 7) is 0. The number of rotatable bonds is 3. The summed E-state index contributed by atoms with van der Waals surface area (Å²) >= 11 is 3.39. The lowest BCUT2D eigenvalue weighted by Gasteiger charge is -1.98. The number of H-pyrrole nitrogens is 1. The predicted molar refractivity (Wildman–Crippen MR) is 68.0 cm³/mol. The van der Waals surface area contributed by atoms with Gasteiger partial charge < -0.3 is 0 Å². The average molecular weight is 294 g/mol. The molecule has 7 heteroatoms. The van der Waals surface area contributed by atoms with E-state index in [2.05, 4.69) is 41.6 Å². The minimum atomic E-state index is -0.335. The van der Waals surface area contributed by atoms with Crippen LogP contribution in [0.15, 0.2) is 44.8 Å². The number of hydrazone groups is 1. The summed E-state index contributed by atoms with van der Waals surface area (Å²) in [4.78, 5) is 13.4. The molecule has 6 nitrogen and oxygen atoms in total. The van der Waals surface area contributed by atoms with Crippen molar-refractivity contribution in [3.8, 4) is 0 Å². The first-order valence-corrected chi connectivity index (χ1v) is 5.50. The smallest absolute Gasteiger partial charge is 0.271 e. The Morgan fingerprint density at radius 2 is 2.24 bits per heavy atom. The molecule has 0 unspecified atom stereocenters. The molecule has 0 saturated heterocycles. The molecule has 2 aromatic rings. The van der Waals surface area contributed by atoms with E-state index in [1.165, 1.54) is 0 Å². The molecule has 0 fully saturated rings. The van der Waals surface area contributed by atoms with Crippen LogP contribution < -0.4 is 11.0 Å². The number of hydrogen-bond donors (Lipinski definition) is 2. The van der Waals surface area contributed by atoms with Gasteiger partial charge >= 0.3 is 0 Å². The molecule has 1 aromatic heterocycles. The maximum atomic E-state index is 10.9. The normalized spacial score (nSPS) is 10.6. The van der Waals surface area contributed by atoms with E-state index < -0.39 is 0 Å². The molecule has 0 aliphatic carbocycles. The van der Waals surface area contributed by atoms with Crippen LogP contribution in [0.25, 0.3) is 0 Å². The number of halogens is 1. The van der Waals surface area contributed by atoms with Crippen molar-refractivity contribution in [2.24, 2.45) is 5.10 Å². The van der Waals surface area contributed by atoms with Crippen LogP contribution in [0, 0.1) is 0 Å². The van der Waals surface area contributed by atoms with Crippen molar-refractivity contribution >= 4 is 28.1 Å². The largest absolute Gasteiger partial charge is 0.289 e. The van der Waals surface area contributed by atoms with Crippen LogP contribution in [0.2, 0.25) is 0 Å².